The first-order valence-electron chi connectivity index (χ1n) is 7.66. The molecule has 0 N–H and O–H groups in total. The molecule has 4 nitrogen and oxygen atoms in total. The maximum atomic E-state index is 12.6. The number of hydrogen-bond acceptors (Lipinski definition) is 2. The molecule has 0 spiro atoms. The minimum absolute atomic E-state index is 0.247. The summed E-state index contributed by atoms with van der Waals surface area (Å²) in [6.07, 6.45) is 1.53. The molecule has 124 valence electrons. The summed E-state index contributed by atoms with van der Waals surface area (Å²) in [7, 11) is 0. The molecule has 2 aromatic carbocycles. The Balaban J connectivity index is 0.00000109. The summed E-state index contributed by atoms with van der Waals surface area (Å²) < 4.78 is 2.77. The van der Waals surface area contributed by atoms with Crippen LogP contribution in [0.5, 0.6) is 0 Å². The van der Waals surface area contributed by atoms with E-state index in [1.54, 1.807) is 0 Å². The second-order valence-corrected chi connectivity index (χ2v) is 5.43. The van der Waals surface area contributed by atoms with Crippen LogP contribution in [0.4, 0.5) is 0 Å². The van der Waals surface area contributed by atoms with Gasteiger partial charge in [-0.2, -0.15) is 6.92 Å². The zero-order valence-electron chi connectivity index (χ0n) is 13.8. The van der Waals surface area contributed by atoms with Gasteiger partial charge in [0.1, 0.15) is 5.56 Å². The minimum atomic E-state index is -0.344. The van der Waals surface area contributed by atoms with Crippen molar-refractivity contribution >= 4 is 13.6 Å². The Bertz CT molecular complexity index is 922. The van der Waals surface area contributed by atoms with Gasteiger partial charge in [-0.05, 0) is 11.1 Å². The molecule has 0 saturated carbocycles. The Morgan fingerprint density at radius 3 is 1.84 bits per heavy atom. The van der Waals surface area contributed by atoms with Crippen LogP contribution in [0.15, 0.2) is 76.4 Å². The molecule has 1 aromatic heterocycles. The maximum absolute atomic E-state index is 12.6. The molecule has 0 radical (unpaired) electrons. The third-order valence-corrected chi connectivity index (χ3v) is 3.69. The average Bonchev–Trinajstić information content (AvgIpc) is 2.66. The molecule has 3 aromatic rings. The number of benzene rings is 2. The Kier molecular flexibility index (Phi) is 7.41. The summed E-state index contributed by atoms with van der Waals surface area (Å²) in [5.74, 6) is 0. The molecule has 0 aliphatic carbocycles. The van der Waals surface area contributed by atoms with Crippen LogP contribution in [-0.2, 0) is 29.4 Å². The Labute approximate surface area is 163 Å². The Morgan fingerprint density at radius 1 is 0.840 bits per heavy atom. The molecule has 0 saturated heterocycles. The topological polar surface area (TPSA) is 44.0 Å². The molecule has 0 atom stereocenters. The van der Waals surface area contributed by atoms with Gasteiger partial charge in [0.05, 0.1) is 0 Å². The van der Waals surface area contributed by atoms with Gasteiger partial charge in [-0.15, -0.1) is 5.56 Å². The summed E-state index contributed by atoms with van der Waals surface area (Å²) in [6, 6.07) is 19.1. The van der Waals surface area contributed by atoms with Crippen LogP contribution in [0, 0.1) is 6.92 Å². The van der Waals surface area contributed by atoms with Crippen LogP contribution in [0.1, 0.15) is 16.7 Å². The monoisotopic (exact) mass is 448 g/mol. The SMILES string of the molecule is [CH2-]c1cn(Cc2ccccc2)c(=O)n(Cc2ccccc2)c1=O.[Zn+][Br]. The van der Waals surface area contributed by atoms with Gasteiger partial charge < -0.3 is 13.9 Å². The van der Waals surface area contributed by atoms with Gasteiger partial charge in [0.25, 0.3) is 0 Å². The number of nitrogens with zero attached hydrogens (tertiary/aromatic N) is 2. The van der Waals surface area contributed by atoms with E-state index in [-0.39, 0.29) is 17.8 Å². The zero-order valence-corrected chi connectivity index (χ0v) is 18.3. The van der Waals surface area contributed by atoms with E-state index in [0.29, 0.717) is 12.1 Å². The van der Waals surface area contributed by atoms with Crippen molar-refractivity contribution in [2.75, 3.05) is 0 Å². The molecule has 0 aliphatic heterocycles. The third kappa shape index (κ3) is 5.03. The summed E-state index contributed by atoms with van der Waals surface area (Å²) in [5.41, 5.74) is 1.55. The average molecular weight is 451 g/mol. The fraction of sp³-hybridized carbons (Fsp3) is 0.105. The number of halogens is 1. The molecule has 0 fully saturated rings. The van der Waals surface area contributed by atoms with Crippen LogP contribution in [0.25, 0.3) is 0 Å². The van der Waals surface area contributed by atoms with Crippen molar-refractivity contribution in [2.24, 2.45) is 0 Å². The van der Waals surface area contributed by atoms with Crippen LogP contribution in [-0.4, -0.2) is 9.13 Å². The van der Waals surface area contributed by atoms with Crippen molar-refractivity contribution in [1.82, 2.24) is 9.13 Å². The first kappa shape index (κ1) is 19.4. The van der Waals surface area contributed by atoms with Crippen LogP contribution in [0.3, 0.4) is 0 Å². The normalized spacial score (nSPS) is 10.0. The van der Waals surface area contributed by atoms with Crippen molar-refractivity contribution < 1.29 is 16.3 Å². The number of rotatable bonds is 4. The molecule has 0 unspecified atom stereocenters. The van der Waals surface area contributed by atoms with Gasteiger partial charge in [-0.25, -0.2) is 4.79 Å². The molecule has 0 bridgehead atoms. The number of aromatic nitrogens is 2. The van der Waals surface area contributed by atoms with Gasteiger partial charge in [0.15, 0.2) is 0 Å². The molecule has 3 rings (SSSR count). The molecule has 0 amide bonds. The van der Waals surface area contributed by atoms with Crippen molar-refractivity contribution in [3.63, 3.8) is 0 Å². The van der Waals surface area contributed by atoms with E-state index in [0.717, 1.165) is 11.1 Å². The van der Waals surface area contributed by atoms with Crippen LogP contribution < -0.4 is 11.2 Å². The Morgan fingerprint density at radius 2 is 1.32 bits per heavy atom. The van der Waals surface area contributed by atoms with Crippen LogP contribution in [0.2, 0.25) is 0 Å². The van der Waals surface area contributed by atoms with Crippen LogP contribution >= 0.6 is 13.6 Å². The summed E-state index contributed by atoms with van der Waals surface area (Å²) in [6.45, 7) is 4.43. The number of hydrogen-bond donors (Lipinski definition) is 0. The fourth-order valence-corrected chi connectivity index (χ4v) is 2.51. The van der Waals surface area contributed by atoms with E-state index < -0.39 is 0 Å². The predicted molar refractivity (Wildman–Crippen MR) is 99.4 cm³/mol. The van der Waals surface area contributed by atoms with E-state index in [2.05, 4.69) is 20.5 Å². The third-order valence-electron chi connectivity index (χ3n) is 3.69. The molecular weight excluding hydrogens is 434 g/mol. The van der Waals surface area contributed by atoms with E-state index in [1.807, 2.05) is 60.7 Å². The van der Waals surface area contributed by atoms with Crippen molar-refractivity contribution in [3.8, 4) is 0 Å². The van der Waals surface area contributed by atoms with Gasteiger partial charge in [0, 0.05) is 13.1 Å². The van der Waals surface area contributed by atoms with Gasteiger partial charge in [-0.3, -0.25) is 0 Å². The summed E-state index contributed by atoms with van der Waals surface area (Å²) in [5, 5.41) is 0. The molecular formula is C19H17BrN2O2Zn. The van der Waals surface area contributed by atoms with Gasteiger partial charge in [-0.1, -0.05) is 66.9 Å². The molecule has 0 aliphatic rings. The zero-order chi connectivity index (χ0) is 18.2. The van der Waals surface area contributed by atoms with Crippen molar-refractivity contribution in [1.29, 1.82) is 0 Å². The van der Waals surface area contributed by atoms with E-state index >= 15 is 0 Å². The second kappa shape index (κ2) is 9.54. The second-order valence-electron chi connectivity index (χ2n) is 5.43. The Hall–Kier alpha value is -1.91. The molecule has 6 heteroatoms. The van der Waals surface area contributed by atoms with E-state index in [4.69, 9.17) is 0 Å². The van der Waals surface area contributed by atoms with Gasteiger partial charge >= 0.3 is 35.7 Å². The van der Waals surface area contributed by atoms with E-state index in [9.17, 15) is 9.59 Å². The molecule has 25 heavy (non-hydrogen) atoms. The molecule has 1 heterocycles. The van der Waals surface area contributed by atoms with E-state index in [1.165, 1.54) is 31.7 Å². The quantitative estimate of drug-likeness (QED) is 0.453. The van der Waals surface area contributed by atoms with Crippen molar-refractivity contribution in [2.45, 2.75) is 13.1 Å². The van der Waals surface area contributed by atoms with Gasteiger partial charge in [0.2, 0.25) is 0 Å². The standard InChI is InChI=1S/C19H17N2O2.BrH.Zn/c1-15-12-20(13-16-8-4-2-5-9-16)19(23)21(18(15)22)14-17-10-6-3-7-11-17;;/h2-12H,1,13-14H2;1H;/q-1;;+2/p-1. The van der Waals surface area contributed by atoms with Crippen molar-refractivity contribution in [3.05, 3.63) is 111 Å². The predicted octanol–water partition coefficient (Wildman–Crippen LogP) is 3.13. The first-order valence-corrected chi connectivity index (χ1v) is 14.6. The first-order chi connectivity index (χ1) is 12.1. The fourth-order valence-electron chi connectivity index (χ4n) is 2.51. The summed E-state index contributed by atoms with van der Waals surface area (Å²) >= 11 is 4.25. The summed E-state index contributed by atoms with van der Waals surface area (Å²) in [4.78, 5) is 24.9.